The van der Waals surface area contributed by atoms with E-state index in [1.165, 1.54) is 18.2 Å². The number of hydrogen-bond acceptors (Lipinski definition) is 1. The molecule has 0 radical (unpaired) electrons. The zero-order chi connectivity index (χ0) is 12.8. The molecule has 0 heterocycles. The van der Waals surface area contributed by atoms with Gasteiger partial charge in [-0.05, 0) is 38.9 Å². The second kappa shape index (κ2) is 6.50. The quantitative estimate of drug-likeness (QED) is 0.766. The highest BCUT2D eigenvalue weighted by Crippen LogP contribution is 2.22. The molecule has 0 saturated carbocycles. The molecule has 1 unspecified atom stereocenters. The summed E-state index contributed by atoms with van der Waals surface area (Å²) in [6, 6.07) is 3.56. The van der Waals surface area contributed by atoms with Gasteiger partial charge in [-0.1, -0.05) is 24.6 Å². The van der Waals surface area contributed by atoms with Crippen LogP contribution < -0.4 is 5.32 Å². The van der Waals surface area contributed by atoms with Crippen LogP contribution in [0.25, 0.3) is 0 Å². The van der Waals surface area contributed by atoms with Crippen LogP contribution >= 0.6 is 0 Å². The lowest BCUT2D eigenvalue weighted by Gasteiger charge is -2.17. The van der Waals surface area contributed by atoms with Gasteiger partial charge in [0.25, 0.3) is 0 Å². The molecule has 0 amide bonds. The van der Waals surface area contributed by atoms with Gasteiger partial charge in [0.2, 0.25) is 0 Å². The highest BCUT2D eigenvalue weighted by Gasteiger charge is 2.17. The number of halogens is 2. The van der Waals surface area contributed by atoms with E-state index in [9.17, 15) is 8.78 Å². The maximum absolute atomic E-state index is 13.7. The predicted octanol–water partition coefficient (Wildman–Crippen LogP) is 3.97. The van der Waals surface area contributed by atoms with Gasteiger partial charge in [-0.2, -0.15) is 0 Å². The average Bonchev–Trinajstić information content (AvgIpc) is 2.24. The van der Waals surface area contributed by atoms with Crippen LogP contribution in [0.5, 0.6) is 0 Å². The minimum absolute atomic E-state index is 0.0992. The van der Waals surface area contributed by atoms with Gasteiger partial charge in [-0.3, -0.25) is 0 Å². The molecule has 0 spiro atoms. The van der Waals surface area contributed by atoms with E-state index in [0.717, 1.165) is 18.5 Å². The minimum Gasteiger partial charge on any atom is -0.307 e. The molecular formula is C14H19F2N. The molecule has 0 aliphatic carbocycles. The summed E-state index contributed by atoms with van der Waals surface area (Å²) in [5.41, 5.74) is 1.13. The Balaban J connectivity index is 3.08. The Kier molecular flexibility index (Phi) is 5.29. The van der Waals surface area contributed by atoms with Gasteiger partial charge in [-0.15, -0.1) is 0 Å². The van der Waals surface area contributed by atoms with Gasteiger partial charge in [0.1, 0.15) is 11.6 Å². The number of benzene rings is 1. The molecule has 0 saturated heterocycles. The summed E-state index contributed by atoms with van der Waals surface area (Å²) in [6.07, 6.45) is 2.76. The molecule has 1 atom stereocenters. The monoisotopic (exact) mass is 239 g/mol. The first-order chi connectivity index (χ1) is 8.06. The highest BCUT2D eigenvalue weighted by atomic mass is 19.1. The van der Waals surface area contributed by atoms with Crippen molar-refractivity contribution in [2.75, 3.05) is 6.54 Å². The molecule has 1 nitrogen and oxygen atoms in total. The number of nitrogens with one attached hydrogen (secondary N) is 1. The van der Waals surface area contributed by atoms with Gasteiger partial charge in [0.15, 0.2) is 0 Å². The molecule has 1 rings (SSSR count). The molecule has 1 aromatic carbocycles. The summed E-state index contributed by atoms with van der Waals surface area (Å²) < 4.78 is 27.3. The average molecular weight is 239 g/mol. The SMILES string of the molecule is CCCNC(C=C(C)C)c1c(F)cccc1F. The first-order valence-corrected chi connectivity index (χ1v) is 5.88. The van der Waals surface area contributed by atoms with E-state index in [4.69, 9.17) is 0 Å². The van der Waals surface area contributed by atoms with Gasteiger partial charge < -0.3 is 5.32 Å². The Bertz CT molecular complexity index is 375. The third-order valence-corrected chi connectivity index (χ3v) is 2.42. The maximum Gasteiger partial charge on any atom is 0.131 e. The van der Waals surface area contributed by atoms with Crippen molar-refractivity contribution in [2.45, 2.75) is 33.2 Å². The van der Waals surface area contributed by atoms with Crippen LogP contribution in [0.4, 0.5) is 8.78 Å². The smallest absolute Gasteiger partial charge is 0.131 e. The highest BCUT2D eigenvalue weighted by molar-refractivity contribution is 5.27. The fraction of sp³-hybridized carbons (Fsp3) is 0.429. The molecule has 1 N–H and O–H groups in total. The summed E-state index contributed by atoms with van der Waals surface area (Å²) in [5, 5.41) is 3.14. The Labute approximate surface area is 102 Å². The molecular weight excluding hydrogens is 220 g/mol. The van der Waals surface area contributed by atoms with E-state index in [1.807, 2.05) is 26.8 Å². The van der Waals surface area contributed by atoms with Crippen LogP contribution in [0.2, 0.25) is 0 Å². The molecule has 0 fully saturated rings. The summed E-state index contributed by atoms with van der Waals surface area (Å²) in [5.74, 6) is -1.01. The molecule has 1 aromatic rings. The minimum atomic E-state index is -0.504. The van der Waals surface area contributed by atoms with E-state index >= 15 is 0 Å². The molecule has 94 valence electrons. The molecule has 0 aliphatic heterocycles. The largest absolute Gasteiger partial charge is 0.307 e. The van der Waals surface area contributed by atoms with Crippen molar-refractivity contribution in [3.8, 4) is 0 Å². The standard InChI is InChI=1S/C14H19F2N/c1-4-8-17-13(9-10(2)3)14-11(15)6-5-7-12(14)16/h5-7,9,13,17H,4,8H2,1-3H3. The van der Waals surface area contributed by atoms with Crippen molar-refractivity contribution in [1.82, 2.24) is 5.32 Å². The first-order valence-electron chi connectivity index (χ1n) is 5.88. The van der Waals surface area contributed by atoms with Crippen molar-refractivity contribution < 1.29 is 8.78 Å². The van der Waals surface area contributed by atoms with Crippen LogP contribution in [-0.4, -0.2) is 6.54 Å². The maximum atomic E-state index is 13.7. The lowest BCUT2D eigenvalue weighted by Crippen LogP contribution is -2.22. The molecule has 0 aromatic heterocycles. The van der Waals surface area contributed by atoms with Crippen molar-refractivity contribution in [3.05, 3.63) is 47.0 Å². The van der Waals surface area contributed by atoms with Crippen LogP contribution in [0, 0.1) is 11.6 Å². The third-order valence-electron chi connectivity index (χ3n) is 2.42. The van der Waals surface area contributed by atoms with E-state index in [1.54, 1.807) is 0 Å². The van der Waals surface area contributed by atoms with Crippen molar-refractivity contribution in [3.63, 3.8) is 0 Å². The fourth-order valence-electron chi connectivity index (χ4n) is 1.69. The predicted molar refractivity (Wildman–Crippen MR) is 66.8 cm³/mol. The summed E-state index contributed by atoms with van der Waals surface area (Å²) in [4.78, 5) is 0. The van der Waals surface area contributed by atoms with Gasteiger partial charge in [-0.25, -0.2) is 8.78 Å². The van der Waals surface area contributed by atoms with E-state index < -0.39 is 17.7 Å². The Morgan fingerprint density at radius 1 is 1.29 bits per heavy atom. The van der Waals surface area contributed by atoms with Gasteiger partial charge in [0.05, 0.1) is 6.04 Å². The zero-order valence-electron chi connectivity index (χ0n) is 10.6. The summed E-state index contributed by atoms with van der Waals surface area (Å²) in [7, 11) is 0. The lowest BCUT2D eigenvalue weighted by atomic mass is 10.0. The van der Waals surface area contributed by atoms with Crippen molar-refractivity contribution in [2.24, 2.45) is 0 Å². The van der Waals surface area contributed by atoms with Crippen molar-refractivity contribution in [1.29, 1.82) is 0 Å². The summed E-state index contributed by atoms with van der Waals surface area (Å²) >= 11 is 0. The first kappa shape index (κ1) is 13.8. The molecule has 17 heavy (non-hydrogen) atoms. The van der Waals surface area contributed by atoms with Crippen LogP contribution in [0.3, 0.4) is 0 Å². The molecule has 0 aliphatic rings. The zero-order valence-corrected chi connectivity index (χ0v) is 10.6. The van der Waals surface area contributed by atoms with E-state index in [0.29, 0.717) is 0 Å². The second-order valence-electron chi connectivity index (χ2n) is 4.31. The van der Waals surface area contributed by atoms with Gasteiger partial charge >= 0.3 is 0 Å². The Morgan fingerprint density at radius 3 is 2.35 bits per heavy atom. The van der Waals surface area contributed by atoms with E-state index in [2.05, 4.69) is 5.32 Å². The molecule has 3 heteroatoms. The Hall–Kier alpha value is -1.22. The topological polar surface area (TPSA) is 12.0 Å². The number of rotatable bonds is 5. The fourth-order valence-corrected chi connectivity index (χ4v) is 1.69. The lowest BCUT2D eigenvalue weighted by molar-refractivity contribution is 0.508. The second-order valence-corrected chi connectivity index (χ2v) is 4.31. The van der Waals surface area contributed by atoms with Crippen LogP contribution in [-0.2, 0) is 0 Å². The number of hydrogen-bond donors (Lipinski definition) is 1. The van der Waals surface area contributed by atoms with Crippen LogP contribution in [0.1, 0.15) is 38.8 Å². The number of allylic oxidation sites excluding steroid dienone is 1. The Morgan fingerprint density at radius 2 is 1.88 bits per heavy atom. The molecule has 0 bridgehead atoms. The third kappa shape index (κ3) is 3.93. The summed E-state index contributed by atoms with van der Waals surface area (Å²) in [6.45, 7) is 6.57. The van der Waals surface area contributed by atoms with E-state index in [-0.39, 0.29) is 5.56 Å². The van der Waals surface area contributed by atoms with Gasteiger partial charge in [0, 0.05) is 5.56 Å². The normalized spacial score (nSPS) is 12.3. The van der Waals surface area contributed by atoms with Crippen LogP contribution in [0.15, 0.2) is 29.8 Å². The van der Waals surface area contributed by atoms with Crippen molar-refractivity contribution >= 4 is 0 Å².